The molecule has 0 bridgehead atoms. The minimum absolute atomic E-state index is 0.0996. The minimum Gasteiger partial charge on any atom is -0.389 e. The Morgan fingerprint density at radius 3 is 2.80 bits per heavy atom. The lowest BCUT2D eigenvalue weighted by atomic mass is 10.1. The summed E-state index contributed by atoms with van der Waals surface area (Å²) in [6.45, 7) is 3.23. The van der Waals surface area contributed by atoms with E-state index in [-0.39, 0.29) is 12.1 Å². The molecule has 1 rings (SSSR count). The number of rotatable bonds is 3. The van der Waals surface area contributed by atoms with Crippen molar-refractivity contribution in [2.24, 2.45) is 0 Å². The van der Waals surface area contributed by atoms with Crippen LogP contribution in [0.5, 0.6) is 0 Å². The SMILES string of the molecule is CC(C)(O)CNC(=O)c1cncc(F)c1. The highest BCUT2D eigenvalue weighted by molar-refractivity contribution is 5.93. The van der Waals surface area contributed by atoms with Crippen LogP contribution in [0.2, 0.25) is 0 Å². The lowest BCUT2D eigenvalue weighted by Gasteiger charge is -2.17. The van der Waals surface area contributed by atoms with Crippen LogP contribution in [-0.4, -0.2) is 28.1 Å². The van der Waals surface area contributed by atoms with Gasteiger partial charge in [-0.25, -0.2) is 4.39 Å². The van der Waals surface area contributed by atoms with E-state index in [1.165, 1.54) is 6.20 Å². The summed E-state index contributed by atoms with van der Waals surface area (Å²) in [4.78, 5) is 15.0. The van der Waals surface area contributed by atoms with Gasteiger partial charge in [-0.3, -0.25) is 9.78 Å². The maximum Gasteiger partial charge on any atom is 0.253 e. The summed E-state index contributed by atoms with van der Waals surface area (Å²) in [5, 5.41) is 11.8. The maximum atomic E-state index is 12.7. The second-order valence-corrected chi connectivity index (χ2v) is 3.89. The fourth-order valence-corrected chi connectivity index (χ4v) is 0.935. The number of hydrogen-bond acceptors (Lipinski definition) is 3. The molecule has 2 N–H and O–H groups in total. The van der Waals surface area contributed by atoms with Gasteiger partial charge in [0, 0.05) is 12.7 Å². The molecule has 4 nitrogen and oxygen atoms in total. The molecular weight excluding hydrogens is 199 g/mol. The van der Waals surface area contributed by atoms with Crippen molar-refractivity contribution in [2.75, 3.05) is 6.54 Å². The van der Waals surface area contributed by atoms with Crippen molar-refractivity contribution < 1.29 is 14.3 Å². The molecule has 0 fully saturated rings. The number of halogens is 1. The average Bonchev–Trinajstić information content (AvgIpc) is 2.13. The van der Waals surface area contributed by atoms with E-state index < -0.39 is 17.3 Å². The van der Waals surface area contributed by atoms with E-state index in [4.69, 9.17) is 0 Å². The molecule has 1 aromatic heterocycles. The zero-order chi connectivity index (χ0) is 11.5. The van der Waals surface area contributed by atoms with Crippen LogP contribution in [0.3, 0.4) is 0 Å². The highest BCUT2D eigenvalue weighted by atomic mass is 19.1. The average molecular weight is 212 g/mol. The van der Waals surface area contributed by atoms with Crippen LogP contribution in [0.15, 0.2) is 18.5 Å². The molecule has 0 saturated heterocycles. The Kier molecular flexibility index (Phi) is 3.36. The van der Waals surface area contributed by atoms with E-state index in [9.17, 15) is 14.3 Å². The number of hydrogen-bond donors (Lipinski definition) is 2. The number of aromatic nitrogens is 1. The predicted octanol–water partition coefficient (Wildman–Crippen LogP) is 0.721. The van der Waals surface area contributed by atoms with Gasteiger partial charge in [0.2, 0.25) is 0 Å². The van der Waals surface area contributed by atoms with Crippen LogP contribution in [-0.2, 0) is 0 Å². The maximum absolute atomic E-state index is 12.7. The molecular formula is C10H13FN2O2. The number of carbonyl (C=O) groups excluding carboxylic acids is 1. The topological polar surface area (TPSA) is 62.2 Å². The van der Waals surface area contributed by atoms with Crippen molar-refractivity contribution in [3.63, 3.8) is 0 Å². The monoisotopic (exact) mass is 212 g/mol. The van der Waals surface area contributed by atoms with Crippen LogP contribution in [0.1, 0.15) is 24.2 Å². The van der Waals surface area contributed by atoms with E-state index >= 15 is 0 Å². The summed E-state index contributed by atoms with van der Waals surface area (Å²) in [7, 11) is 0. The van der Waals surface area contributed by atoms with Crippen LogP contribution >= 0.6 is 0 Å². The van der Waals surface area contributed by atoms with Gasteiger partial charge in [0.25, 0.3) is 5.91 Å². The normalized spacial score (nSPS) is 11.2. The largest absolute Gasteiger partial charge is 0.389 e. The molecule has 0 spiro atoms. The summed E-state index contributed by atoms with van der Waals surface area (Å²) in [5.74, 6) is -1.02. The highest BCUT2D eigenvalue weighted by Crippen LogP contribution is 2.02. The molecule has 0 atom stereocenters. The molecule has 0 aliphatic heterocycles. The van der Waals surface area contributed by atoms with Gasteiger partial charge in [0.15, 0.2) is 0 Å². The van der Waals surface area contributed by atoms with Gasteiger partial charge in [-0.2, -0.15) is 0 Å². The van der Waals surface area contributed by atoms with E-state index in [2.05, 4.69) is 10.3 Å². The van der Waals surface area contributed by atoms with Crippen LogP contribution in [0.4, 0.5) is 4.39 Å². The van der Waals surface area contributed by atoms with Gasteiger partial charge in [0.1, 0.15) is 5.82 Å². The highest BCUT2D eigenvalue weighted by Gasteiger charge is 2.15. The number of aliphatic hydroxyl groups is 1. The lowest BCUT2D eigenvalue weighted by Crippen LogP contribution is -2.38. The Labute approximate surface area is 87.1 Å². The first-order valence-electron chi connectivity index (χ1n) is 4.49. The van der Waals surface area contributed by atoms with Gasteiger partial charge in [0.05, 0.1) is 17.4 Å². The molecule has 0 unspecified atom stereocenters. The van der Waals surface area contributed by atoms with Crippen molar-refractivity contribution in [3.05, 3.63) is 29.8 Å². The number of carbonyl (C=O) groups is 1. The van der Waals surface area contributed by atoms with Crippen LogP contribution in [0.25, 0.3) is 0 Å². The molecule has 1 heterocycles. The van der Waals surface area contributed by atoms with Gasteiger partial charge in [-0.15, -0.1) is 0 Å². The molecule has 15 heavy (non-hydrogen) atoms. The summed E-state index contributed by atoms with van der Waals surface area (Å²) < 4.78 is 12.7. The molecule has 0 aromatic carbocycles. The zero-order valence-corrected chi connectivity index (χ0v) is 8.62. The molecule has 0 aliphatic carbocycles. The number of amides is 1. The van der Waals surface area contributed by atoms with Gasteiger partial charge < -0.3 is 10.4 Å². The second-order valence-electron chi connectivity index (χ2n) is 3.89. The van der Waals surface area contributed by atoms with Gasteiger partial charge in [-0.1, -0.05) is 0 Å². The lowest BCUT2D eigenvalue weighted by molar-refractivity contribution is 0.0694. The molecule has 0 radical (unpaired) electrons. The summed E-state index contributed by atoms with van der Waals surface area (Å²) >= 11 is 0. The standard InChI is InChI=1S/C10H13FN2O2/c1-10(2,15)6-13-9(14)7-3-8(11)5-12-4-7/h3-5,15H,6H2,1-2H3,(H,13,14). The molecule has 0 saturated carbocycles. The number of nitrogens with zero attached hydrogens (tertiary/aromatic N) is 1. The number of nitrogens with one attached hydrogen (secondary N) is 1. The van der Waals surface area contributed by atoms with Crippen molar-refractivity contribution in [1.82, 2.24) is 10.3 Å². The summed E-state index contributed by atoms with van der Waals surface area (Å²) in [6, 6.07) is 1.09. The molecule has 0 aliphatic rings. The van der Waals surface area contributed by atoms with Crippen molar-refractivity contribution in [3.8, 4) is 0 Å². The Morgan fingerprint density at radius 1 is 1.60 bits per heavy atom. The van der Waals surface area contributed by atoms with Crippen molar-refractivity contribution in [1.29, 1.82) is 0 Å². The third-order valence-electron chi connectivity index (χ3n) is 1.65. The first kappa shape index (κ1) is 11.6. The van der Waals surface area contributed by atoms with Crippen LogP contribution < -0.4 is 5.32 Å². The molecule has 1 aromatic rings. The zero-order valence-electron chi connectivity index (χ0n) is 8.62. The van der Waals surface area contributed by atoms with E-state index in [0.29, 0.717) is 0 Å². The third kappa shape index (κ3) is 4.03. The Hall–Kier alpha value is -1.49. The van der Waals surface area contributed by atoms with Crippen LogP contribution in [0, 0.1) is 5.82 Å². The van der Waals surface area contributed by atoms with Gasteiger partial charge >= 0.3 is 0 Å². The quantitative estimate of drug-likeness (QED) is 0.776. The van der Waals surface area contributed by atoms with E-state index in [1.807, 2.05) is 0 Å². The first-order valence-corrected chi connectivity index (χ1v) is 4.49. The first-order chi connectivity index (χ1) is 6.88. The Bertz CT molecular complexity index is 361. The Balaban J connectivity index is 2.62. The fourth-order valence-electron chi connectivity index (χ4n) is 0.935. The summed E-state index contributed by atoms with van der Waals surface area (Å²) in [5.41, 5.74) is -0.851. The van der Waals surface area contributed by atoms with E-state index in [0.717, 1.165) is 12.3 Å². The molecule has 1 amide bonds. The van der Waals surface area contributed by atoms with Crippen molar-refractivity contribution in [2.45, 2.75) is 19.4 Å². The Morgan fingerprint density at radius 2 is 2.27 bits per heavy atom. The van der Waals surface area contributed by atoms with Gasteiger partial charge in [-0.05, 0) is 19.9 Å². The third-order valence-corrected chi connectivity index (χ3v) is 1.65. The smallest absolute Gasteiger partial charge is 0.253 e. The second kappa shape index (κ2) is 4.35. The molecule has 5 heteroatoms. The predicted molar refractivity (Wildman–Crippen MR) is 52.8 cm³/mol. The van der Waals surface area contributed by atoms with Crippen molar-refractivity contribution >= 4 is 5.91 Å². The summed E-state index contributed by atoms with van der Waals surface area (Å²) in [6.07, 6.45) is 2.29. The van der Waals surface area contributed by atoms with E-state index in [1.54, 1.807) is 13.8 Å². The fraction of sp³-hybridized carbons (Fsp3) is 0.400. The minimum atomic E-state index is -0.990. The number of pyridine rings is 1. The molecule has 82 valence electrons.